The molecule has 8 heteroatoms. The van der Waals surface area contributed by atoms with Gasteiger partial charge in [-0.15, -0.1) is 10.2 Å². The number of carbonyl (C=O) groups excluding carboxylic acids is 2. The Morgan fingerprint density at radius 3 is 2.44 bits per heavy atom. The van der Waals surface area contributed by atoms with Crippen molar-refractivity contribution in [2.45, 2.75) is 5.03 Å². The number of rotatable bonds is 6. The summed E-state index contributed by atoms with van der Waals surface area (Å²) in [7, 11) is 0. The number of nitrogens with one attached hydrogen (secondary N) is 2. The lowest BCUT2D eigenvalue weighted by Gasteiger charge is -2.06. The monoisotopic (exact) mass is 398 g/mol. The molecule has 136 valence electrons. The van der Waals surface area contributed by atoms with Gasteiger partial charge < -0.3 is 10.6 Å². The van der Waals surface area contributed by atoms with Crippen LogP contribution in [0.1, 0.15) is 10.4 Å². The molecule has 2 amide bonds. The molecular formula is C19H15ClN4O2S. The van der Waals surface area contributed by atoms with E-state index in [1.54, 1.807) is 60.7 Å². The quantitative estimate of drug-likeness (QED) is 0.610. The minimum absolute atomic E-state index is 0.175. The highest BCUT2D eigenvalue weighted by Gasteiger charge is 2.08. The highest BCUT2D eigenvalue weighted by Crippen LogP contribution is 2.18. The van der Waals surface area contributed by atoms with Crippen molar-refractivity contribution in [1.29, 1.82) is 0 Å². The maximum Gasteiger partial charge on any atom is 0.256 e. The first-order chi connectivity index (χ1) is 13.1. The minimum Gasteiger partial charge on any atom is -0.325 e. The molecule has 2 N–H and O–H groups in total. The predicted molar refractivity (Wildman–Crippen MR) is 107 cm³/mol. The van der Waals surface area contributed by atoms with Crippen LogP contribution in [0.4, 0.5) is 11.5 Å². The lowest BCUT2D eigenvalue weighted by molar-refractivity contribution is -0.113. The van der Waals surface area contributed by atoms with Gasteiger partial charge in [-0.1, -0.05) is 47.6 Å². The number of hydrogen-bond acceptors (Lipinski definition) is 5. The third-order valence-electron chi connectivity index (χ3n) is 3.38. The summed E-state index contributed by atoms with van der Waals surface area (Å²) in [4.78, 5) is 24.1. The van der Waals surface area contributed by atoms with Crippen LogP contribution in [0.2, 0.25) is 5.02 Å². The number of amides is 2. The summed E-state index contributed by atoms with van der Waals surface area (Å²) >= 11 is 7.13. The number of benzene rings is 2. The molecule has 6 nitrogen and oxygen atoms in total. The van der Waals surface area contributed by atoms with E-state index >= 15 is 0 Å². The van der Waals surface area contributed by atoms with E-state index in [4.69, 9.17) is 11.6 Å². The van der Waals surface area contributed by atoms with Crippen molar-refractivity contribution in [2.75, 3.05) is 16.4 Å². The van der Waals surface area contributed by atoms with E-state index in [9.17, 15) is 9.59 Å². The van der Waals surface area contributed by atoms with Crippen molar-refractivity contribution in [3.63, 3.8) is 0 Å². The zero-order valence-electron chi connectivity index (χ0n) is 14.1. The second kappa shape index (κ2) is 9.16. The van der Waals surface area contributed by atoms with Gasteiger partial charge in [0.25, 0.3) is 5.91 Å². The predicted octanol–water partition coefficient (Wildman–Crippen LogP) is 4.11. The zero-order valence-corrected chi connectivity index (χ0v) is 15.6. The van der Waals surface area contributed by atoms with E-state index in [0.29, 0.717) is 27.1 Å². The molecule has 0 atom stereocenters. The number of nitrogens with zero attached hydrogens (tertiary/aromatic N) is 2. The summed E-state index contributed by atoms with van der Waals surface area (Å²) < 4.78 is 0. The average molecular weight is 399 g/mol. The molecule has 0 aliphatic heterocycles. The maximum atomic E-state index is 12.1. The lowest BCUT2D eigenvalue weighted by atomic mass is 10.2. The van der Waals surface area contributed by atoms with Crippen LogP contribution in [0.25, 0.3) is 0 Å². The van der Waals surface area contributed by atoms with Crippen LogP contribution in [-0.2, 0) is 4.79 Å². The topological polar surface area (TPSA) is 84.0 Å². The number of hydrogen-bond donors (Lipinski definition) is 2. The molecule has 0 aliphatic rings. The van der Waals surface area contributed by atoms with Gasteiger partial charge in [-0.05, 0) is 42.5 Å². The molecule has 0 bridgehead atoms. The van der Waals surface area contributed by atoms with Gasteiger partial charge in [0.15, 0.2) is 5.82 Å². The molecule has 3 aromatic rings. The summed E-state index contributed by atoms with van der Waals surface area (Å²) in [5, 5.41) is 14.5. The summed E-state index contributed by atoms with van der Waals surface area (Å²) in [6.07, 6.45) is 0. The van der Waals surface area contributed by atoms with Crippen molar-refractivity contribution in [2.24, 2.45) is 0 Å². The Morgan fingerprint density at radius 2 is 1.74 bits per heavy atom. The van der Waals surface area contributed by atoms with E-state index < -0.39 is 0 Å². The van der Waals surface area contributed by atoms with Crippen LogP contribution in [0, 0.1) is 0 Å². The van der Waals surface area contributed by atoms with E-state index in [1.807, 2.05) is 6.07 Å². The van der Waals surface area contributed by atoms with Crippen molar-refractivity contribution < 1.29 is 9.59 Å². The van der Waals surface area contributed by atoms with Crippen LogP contribution in [-0.4, -0.2) is 27.8 Å². The van der Waals surface area contributed by atoms with Crippen molar-refractivity contribution >= 4 is 46.7 Å². The van der Waals surface area contributed by atoms with Crippen LogP contribution in [0.15, 0.2) is 71.8 Å². The Balaban J connectivity index is 1.50. The Bertz CT molecular complexity index is 936. The normalized spacial score (nSPS) is 10.3. The first-order valence-electron chi connectivity index (χ1n) is 7.98. The van der Waals surface area contributed by atoms with E-state index in [1.165, 1.54) is 11.8 Å². The smallest absolute Gasteiger partial charge is 0.256 e. The van der Waals surface area contributed by atoms with Crippen LogP contribution in [0.3, 0.4) is 0 Å². The third-order valence-corrected chi connectivity index (χ3v) is 4.53. The fourth-order valence-corrected chi connectivity index (χ4v) is 2.95. The Morgan fingerprint density at radius 1 is 0.926 bits per heavy atom. The van der Waals surface area contributed by atoms with Gasteiger partial charge in [-0.2, -0.15) is 0 Å². The van der Waals surface area contributed by atoms with Gasteiger partial charge in [0.1, 0.15) is 5.03 Å². The second-order valence-corrected chi connectivity index (χ2v) is 6.86. The van der Waals surface area contributed by atoms with Gasteiger partial charge in [0.05, 0.1) is 5.75 Å². The Labute approximate surface area is 165 Å². The number of carbonyl (C=O) groups is 2. The highest BCUT2D eigenvalue weighted by molar-refractivity contribution is 7.99. The SMILES string of the molecule is O=C(CSc1ccc(NC(=O)c2ccccc2)nn1)Nc1cccc(Cl)c1. The number of anilines is 2. The second-order valence-electron chi connectivity index (χ2n) is 5.42. The van der Waals surface area contributed by atoms with Gasteiger partial charge in [0, 0.05) is 16.3 Å². The molecule has 0 saturated heterocycles. The maximum absolute atomic E-state index is 12.1. The van der Waals surface area contributed by atoms with Crippen LogP contribution < -0.4 is 10.6 Å². The molecule has 0 saturated carbocycles. The molecule has 3 rings (SSSR count). The third kappa shape index (κ3) is 5.80. The molecule has 2 aromatic carbocycles. The van der Waals surface area contributed by atoms with Crippen LogP contribution >= 0.6 is 23.4 Å². The molecule has 0 spiro atoms. The van der Waals surface area contributed by atoms with E-state index in [2.05, 4.69) is 20.8 Å². The lowest BCUT2D eigenvalue weighted by Crippen LogP contribution is -2.14. The standard InChI is InChI=1S/C19H15ClN4O2S/c20-14-7-4-8-15(11-14)21-17(25)12-27-18-10-9-16(23-24-18)22-19(26)13-5-2-1-3-6-13/h1-11H,12H2,(H,21,25)(H,22,23,26). The van der Waals surface area contributed by atoms with Gasteiger partial charge >= 0.3 is 0 Å². The molecule has 0 radical (unpaired) electrons. The van der Waals surface area contributed by atoms with Crippen molar-refractivity contribution in [1.82, 2.24) is 10.2 Å². The molecule has 1 aromatic heterocycles. The number of halogens is 1. The summed E-state index contributed by atoms with van der Waals surface area (Å²) in [6.45, 7) is 0. The molecule has 1 heterocycles. The fourth-order valence-electron chi connectivity index (χ4n) is 2.14. The first kappa shape index (κ1) is 18.9. The van der Waals surface area contributed by atoms with E-state index in [-0.39, 0.29) is 17.6 Å². The number of aromatic nitrogens is 2. The molecule has 0 aliphatic carbocycles. The first-order valence-corrected chi connectivity index (χ1v) is 9.35. The molecule has 0 fully saturated rings. The summed E-state index contributed by atoms with van der Waals surface area (Å²) in [5.41, 5.74) is 1.17. The van der Waals surface area contributed by atoms with Gasteiger partial charge in [0.2, 0.25) is 5.91 Å². The van der Waals surface area contributed by atoms with Crippen LogP contribution in [0.5, 0.6) is 0 Å². The molecular weight excluding hydrogens is 384 g/mol. The molecule has 0 unspecified atom stereocenters. The van der Waals surface area contributed by atoms with Gasteiger partial charge in [-0.3, -0.25) is 9.59 Å². The fraction of sp³-hybridized carbons (Fsp3) is 0.0526. The zero-order chi connectivity index (χ0) is 19.1. The highest BCUT2D eigenvalue weighted by atomic mass is 35.5. The van der Waals surface area contributed by atoms with E-state index in [0.717, 1.165) is 0 Å². The minimum atomic E-state index is -0.258. The Kier molecular flexibility index (Phi) is 6.40. The average Bonchev–Trinajstić information content (AvgIpc) is 2.68. The van der Waals surface area contributed by atoms with Crippen molar-refractivity contribution in [3.8, 4) is 0 Å². The Hall–Kier alpha value is -2.90. The largest absolute Gasteiger partial charge is 0.325 e. The van der Waals surface area contributed by atoms with Gasteiger partial charge in [-0.25, -0.2) is 0 Å². The number of thioether (sulfide) groups is 1. The van der Waals surface area contributed by atoms with Crippen molar-refractivity contribution in [3.05, 3.63) is 77.3 Å². The molecule has 27 heavy (non-hydrogen) atoms. The summed E-state index contributed by atoms with van der Waals surface area (Å²) in [5.74, 6) is 0.0880. The summed E-state index contributed by atoms with van der Waals surface area (Å²) in [6, 6.07) is 19.1.